The zero-order chi connectivity index (χ0) is 26.6. The first-order chi connectivity index (χ1) is 19.8. The molecule has 8 rings (SSSR count). The van der Waals surface area contributed by atoms with Crippen molar-refractivity contribution in [2.45, 2.75) is 0 Å². The van der Waals surface area contributed by atoms with Gasteiger partial charge >= 0.3 is 0 Å². The third-order valence-corrected chi connectivity index (χ3v) is 7.93. The molecule has 0 saturated heterocycles. The van der Waals surface area contributed by atoms with Gasteiger partial charge in [0.15, 0.2) is 0 Å². The number of benzene rings is 6. The van der Waals surface area contributed by atoms with Gasteiger partial charge in [0, 0.05) is 32.9 Å². The van der Waals surface area contributed by atoms with E-state index in [1.54, 1.807) is 0 Å². The Kier molecular flexibility index (Phi) is 4.89. The first-order valence-electron chi connectivity index (χ1n) is 13.4. The van der Waals surface area contributed by atoms with Crippen molar-refractivity contribution in [1.29, 1.82) is 5.26 Å². The fourth-order valence-corrected chi connectivity index (χ4v) is 6.16. The van der Waals surface area contributed by atoms with E-state index in [1.165, 1.54) is 43.6 Å². The van der Waals surface area contributed by atoms with Crippen molar-refractivity contribution in [2.75, 3.05) is 0 Å². The molecule has 0 spiro atoms. The van der Waals surface area contributed by atoms with Gasteiger partial charge in [-0.2, -0.15) is 5.26 Å². The van der Waals surface area contributed by atoms with E-state index in [1.807, 2.05) is 24.3 Å². The Labute approximate surface area is 231 Å². The van der Waals surface area contributed by atoms with Crippen LogP contribution in [0.1, 0.15) is 5.56 Å². The summed E-state index contributed by atoms with van der Waals surface area (Å²) in [5.74, 6) is 0. The fraction of sp³-hybridized carbons (Fsp3) is 0. The van der Waals surface area contributed by atoms with Gasteiger partial charge in [-0.25, -0.2) is 0 Å². The predicted octanol–water partition coefficient (Wildman–Crippen LogP) is 9.42. The molecule has 3 nitrogen and oxygen atoms in total. The zero-order valence-electron chi connectivity index (χ0n) is 21.6. The van der Waals surface area contributed by atoms with Gasteiger partial charge in [0.25, 0.3) is 0 Å². The molecule has 0 aliphatic rings. The monoisotopic (exact) mass is 509 g/mol. The van der Waals surface area contributed by atoms with Crippen LogP contribution in [0.3, 0.4) is 0 Å². The molecule has 40 heavy (non-hydrogen) atoms. The van der Waals surface area contributed by atoms with Gasteiger partial charge in [-0.15, -0.1) is 0 Å². The molecule has 2 aromatic heterocycles. The Morgan fingerprint density at radius 1 is 0.400 bits per heavy atom. The van der Waals surface area contributed by atoms with Crippen molar-refractivity contribution in [2.24, 2.45) is 0 Å². The summed E-state index contributed by atoms with van der Waals surface area (Å²) in [6, 6.07) is 51.4. The molecule has 8 aromatic rings. The van der Waals surface area contributed by atoms with E-state index in [0.717, 1.165) is 22.5 Å². The largest absolute Gasteiger partial charge is 0.309 e. The molecule has 2 heterocycles. The van der Waals surface area contributed by atoms with Crippen LogP contribution >= 0.6 is 0 Å². The van der Waals surface area contributed by atoms with Crippen molar-refractivity contribution >= 4 is 43.6 Å². The highest BCUT2D eigenvalue weighted by Crippen LogP contribution is 2.37. The molecule has 0 amide bonds. The molecular weight excluding hydrogens is 486 g/mol. The topological polar surface area (TPSA) is 33.6 Å². The van der Waals surface area contributed by atoms with Gasteiger partial charge < -0.3 is 9.13 Å². The van der Waals surface area contributed by atoms with E-state index in [9.17, 15) is 5.26 Å². The summed E-state index contributed by atoms with van der Waals surface area (Å²) >= 11 is 0. The molecule has 0 bridgehead atoms. The van der Waals surface area contributed by atoms with Crippen molar-refractivity contribution in [3.8, 4) is 28.6 Å². The molecule has 6 aromatic carbocycles. The Bertz CT molecular complexity index is 2040. The minimum Gasteiger partial charge on any atom is -0.309 e. The van der Waals surface area contributed by atoms with E-state index in [0.29, 0.717) is 5.56 Å². The zero-order valence-corrected chi connectivity index (χ0v) is 21.6. The molecule has 0 aliphatic carbocycles. The third kappa shape index (κ3) is 3.30. The van der Waals surface area contributed by atoms with E-state index >= 15 is 0 Å². The first-order valence-corrected chi connectivity index (χ1v) is 13.4. The van der Waals surface area contributed by atoms with Gasteiger partial charge in [-0.05, 0) is 65.7 Å². The summed E-state index contributed by atoms with van der Waals surface area (Å²) in [6.07, 6.45) is 0. The van der Waals surface area contributed by atoms with Crippen LogP contribution < -0.4 is 0 Å². The molecule has 0 aliphatic heterocycles. The van der Waals surface area contributed by atoms with Crippen LogP contribution in [0.4, 0.5) is 0 Å². The second kappa shape index (κ2) is 8.73. The molecule has 186 valence electrons. The van der Waals surface area contributed by atoms with Crippen LogP contribution in [0.2, 0.25) is 0 Å². The standard InChI is InChI=1S/C37H23N3/c38-24-25-17-19-26(20-18-25)27-21-28(39-34-13-5-1-9-30(34)31-10-2-6-14-35(31)39)23-29(22-27)40-36-15-7-3-11-32(36)33-12-4-8-16-37(33)40/h1-23H. The number of hydrogen-bond donors (Lipinski definition) is 0. The van der Waals surface area contributed by atoms with Gasteiger partial charge in [0.2, 0.25) is 0 Å². The molecule has 0 unspecified atom stereocenters. The predicted molar refractivity (Wildman–Crippen MR) is 165 cm³/mol. The number of fused-ring (bicyclic) bond motifs is 6. The highest BCUT2D eigenvalue weighted by Gasteiger charge is 2.17. The van der Waals surface area contributed by atoms with Crippen molar-refractivity contribution < 1.29 is 0 Å². The molecule has 0 radical (unpaired) electrons. The van der Waals surface area contributed by atoms with E-state index in [-0.39, 0.29) is 0 Å². The summed E-state index contributed by atoms with van der Waals surface area (Å²) < 4.78 is 4.74. The summed E-state index contributed by atoms with van der Waals surface area (Å²) in [5, 5.41) is 14.3. The molecule has 0 atom stereocenters. The smallest absolute Gasteiger partial charge is 0.0991 e. The van der Waals surface area contributed by atoms with Crippen LogP contribution in [-0.4, -0.2) is 9.13 Å². The molecular formula is C37H23N3. The Hall–Kier alpha value is -5.59. The summed E-state index contributed by atoms with van der Waals surface area (Å²) in [6.45, 7) is 0. The normalized spacial score (nSPS) is 11.5. The van der Waals surface area contributed by atoms with Crippen LogP contribution in [0.25, 0.3) is 66.1 Å². The van der Waals surface area contributed by atoms with Crippen LogP contribution in [0.5, 0.6) is 0 Å². The molecule has 3 heteroatoms. The Balaban J connectivity index is 1.49. The third-order valence-electron chi connectivity index (χ3n) is 7.93. The number of para-hydroxylation sites is 4. The van der Waals surface area contributed by atoms with Crippen LogP contribution in [0, 0.1) is 11.3 Å². The lowest BCUT2D eigenvalue weighted by atomic mass is 10.0. The quantitative estimate of drug-likeness (QED) is 0.233. The maximum absolute atomic E-state index is 9.38. The minimum absolute atomic E-state index is 0.657. The highest BCUT2D eigenvalue weighted by atomic mass is 15.0. The summed E-state index contributed by atoms with van der Waals surface area (Å²) in [5.41, 5.74) is 9.71. The highest BCUT2D eigenvalue weighted by molar-refractivity contribution is 6.10. The van der Waals surface area contributed by atoms with Crippen LogP contribution in [0.15, 0.2) is 140 Å². The van der Waals surface area contributed by atoms with E-state index < -0.39 is 0 Å². The second-order valence-corrected chi connectivity index (χ2v) is 10.2. The van der Waals surface area contributed by atoms with E-state index in [2.05, 4.69) is 130 Å². The fourth-order valence-electron chi connectivity index (χ4n) is 6.16. The lowest BCUT2D eigenvalue weighted by molar-refractivity contribution is 1.13. The van der Waals surface area contributed by atoms with Gasteiger partial charge in [-0.3, -0.25) is 0 Å². The van der Waals surface area contributed by atoms with E-state index in [4.69, 9.17) is 0 Å². The van der Waals surface area contributed by atoms with Gasteiger partial charge in [0.05, 0.1) is 33.7 Å². The number of nitriles is 1. The average Bonchev–Trinajstić information content (AvgIpc) is 3.54. The number of hydrogen-bond acceptors (Lipinski definition) is 1. The second-order valence-electron chi connectivity index (χ2n) is 10.2. The number of nitrogens with zero attached hydrogens (tertiary/aromatic N) is 3. The van der Waals surface area contributed by atoms with Crippen LogP contribution in [-0.2, 0) is 0 Å². The van der Waals surface area contributed by atoms with Crippen molar-refractivity contribution in [3.63, 3.8) is 0 Å². The Morgan fingerprint density at radius 2 is 0.775 bits per heavy atom. The maximum Gasteiger partial charge on any atom is 0.0991 e. The van der Waals surface area contributed by atoms with Crippen molar-refractivity contribution in [3.05, 3.63) is 145 Å². The lowest BCUT2D eigenvalue weighted by Crippen LogP contribution is -2.00. The minimum atomic E-state index is 0.657. The summed E-state index contributed by atoms with van der Waals surface area (Å²) in [4.78, 5) is 0. The number of rotatable bonds is 3. The SMILES string of the molecule is N#Cc1ccc(-c2cc(-n3c4ccccc4c4ccccc43)cc(-n3c4ccccc4c4ccccc43)c2)cc1. The molecule has 0 fully saturated rings. The molecule has 0 saturated carbocycles. The summed E-state index contributed by atoms with van der Waals surface area (Å²) in [7, 11) is 0. The van der Waals surface area contributed by atoms with Gasteiger partial charge in [0.1, 0.15) is 0 Å². The average molecular weight is 510 g/mol. The Morgan fingerprint density at radius 3 is 1.15 bits per heavy atom. The molecule has 0 N–H and O–H groups in total. The lowest BCUT2D eigenvalue weighted by Gasteiger charge is -2.16. The van der Waals surface area contributed by atoms with Gasteiger partial charge in [-0.1, -0.05) is 84.9 Å². The first kappa shape index (κ1) is 22.4. The maximum atomic E-state index is 9.38. The number of aromatic nitrogens is 2. The van der Waals surface area contributed by atoms with Crippen molar-refractivity contribution in [1.82, 2.24) is 9.13 Å².